The monoisotopic (exact) mass is 452 g/mol. The van der Waals surface area contributed by atoms with Gasteiger partial charge in [0.15, 0.2) is 0 Å². The van der Waals surface area contributed by atoms with Crippen LogP contribution >= 0.6 is 11.8 Å². The maximum atomic E-state index is 13.3. The van der Waals surface area contributed by atoms with E-state index in [2.05, 4.69) is 0 Å². The molecule has 0 bridgehead atoms. The third-order valence-corrected chi connectivity index (χ3v) is 7.43. The van der Waals surface area contributed by atoms with E-state index in [4.69, 9.17) is 5.11 Å². The van der Waals surface area contributed by atoms with Gasteiger partial charge in [-0.25, -0.2) is 4.39 Å². The fourth-order valence-electron chi connectivity index (χ4n) is 3.91. The maximum Gasteiger partial charge on any atom is 0.303 e. The number of thioether (sulfide) groups is 1. The minimum Gasteiger partial charge on any atom is -0.481 e. The Balaban J connectivity index is 2.02. The Morgan fingerprint density at radius 1 is 1.26 bits per heavy atom. The van der Waals surface area contributed by atoms with Gasteiger partial charge in [0.1, 0.15) is 11.6 Å². The minimum atomic E-state index is -1.16. The molecule has 1 aromatic carbocycles. The number of carboxylic acids is 1. The number of rotatable bonds is 13. The molecule has 0 amide bonds. The Morgan fingerprint density at radius 3 is 2.61 bits per heavy atom. The number of carbonyl (C=O) groups excluding carboxylic acids is 1. The Morgan fingerprint density at radius 2 is 1.97 bits per heavy atom. The van der Waals surface area contributed by atoms with E-state index >= 15 is 0 Å². The molecule has 1 aliphatic carbocycles. The summed E-state index contributed by atoms with van der Waals surface area (Å²) in [5, 5.41) is 30.2. The number of aliphatic carboxylic acids is 1. The normalized spacial score (nSPS) is 23.4. The SMILES string of the molecule is CCCCC(O)(CS[C@H]1C(O)CC(=O)[C@@H]1CC=CCCCC(=O)O)c1ccc(F)cc1. The first-order valence-corrected chi connectivity index (χ1v) is 12.0. The molecule has 1 fully saturated rings. The van der Waals surface area contributed by atoms with Gasteiger partial charge in [-0.3, -0.25) is 9.59 Å². The van der Waals surface area contributed by atoms with E-state index in [1.807, 2.05) is 19.1 Å². The summed E-state index contributed by atoms with van der Waals surface area (Å²) < 4.78 is 13.3. The lowest BCUT2D eigenvalue weighted by atomic mass is 9.90. The van der Waals surface area contributed by atoms with Crippen LogP contribution in [0.1, 0.15) is 63.9 Å². The van der Waals surface area contributed by atoms with Crippen molar-refractivity contribution in [1.29, 1.82) is 0 Å². The van der Waals surface area contributed by atoms with Gasteiger partial charge in [0, 0.05) is 29.8 Å². The van der Waals surface area contributed by atoms with Crippen LogP contribution in [0.15, 0.2) is 36.4 Å². The predicted molar refractivity (Wildman–Crippen MR) is 120 cm³/mol. The number of unbranched alkanes of at least 4 members (excludes halogenated alkanes) is 2. The second kappa shape index (κ2) is 12.4. The summed E-state index contributed by atoms with van der Waals surface area (Å²) in [6.07, 6.45) is 7.16. The molecule has 0 spiro atoms. The highest BCUT2D eigenvalue weighted by atomic mass is 32.2. The number of allylic oxidation sites excluding steroid dienone is 2. The first kappa shape index (κ1) is 25.6. The van der Waals surface area contributed by atoms with E-state index in [0.29, 0.717) is 37.0 Å². The molecular formula is C24H33FO5S. The van der Waals surface area contributed by atoms with E-state index in [9.17, 15) is 24.2 Å². The van der Waals surface area contributed by atoms with Crippen LogP contribution in [-0.4, -0.2) is 44.2 Å². The zero-order valence-corrected chi connectivity index (χ0v) is 18.8. The van der Waals surface area contributed by atoms with Gasteiger partial charge in [0.2, 0.25) is 0 Å². The minimum absolute atomic E-state index is 0.0130. The molecule has 1 aliphatic rings. The van der Waals surface area contributed by atoms with Crippen molar-refractivity contribution in [3.05, 3.63) is 47.8 Å². The molecule has 1 saturated carbocycles. The number of hydrogen-bond acceptors (Lipinski definition) is 5. The van der Waals surface area contributed by atoms with Crippen LogP contribution in [0, 0.1) is 11.7 Å². The first-order chi connectivity index (χ1) is 14.8. The molecule has 0 saturated heterocycles. The van der Waals surface area contributed by atoms with Gasteiger partial charge in [-0.1, -0.05) is 44.1 Å². The molecule has 0 aromatic heterocycles. The molecule has 2 rings (SSSR count). The molecule has 5 nitrogen and oxygen atoms in total. The van der Waals surface area contributed by atoms with Crippen LogP contribution in [-0.2, 0) is 15.2 Å². The predicted octanol–water partition coefficient (Wildman–Crippen LogP) is 4.46. The van der Waals surface area contributed by atoms with Gasteiger partial charge >= 0.3 is 5.97 Å². The van der Waals surface area contributed by atoms with Crippen LogP contribution in [0.5, 0.6) is 0 Å². The topological polar surface area (TPSA) is 94.8 Å². The Kier molecular flexibility index (Phi) is 10.2. The number of aliphatic hydroxyl groups is 2. The number of carbonyl (C=O) groups is 2. The molecule has 172 valence electrons. The van der Waals surface area contributed by atoms with Crippen molar-refractivity contribution in [1.82, 2.24) is 0 Å². The zero-order chi connectivity index (χ0) is 22.9. The zero-order valence-electron chi connectivity index (χ0n) is 18.0. The van der Waals surface area contributed by atoms with Crippen LogP contribution < -0.4 is 0 Å². The van der Waals surface area contributed by atoms with E-state index in [1.165, 1.54) is 23.9 Å². The molecule has 0 aliphatic heterocycles. The number of hydrogen-bond donors (Lipinski definition) is 3. The molecular weight excluding hydrogens is 419 g/mol. The van der Waals surface area contributed by atoms with Gasteiger partial charge in [-0.15, -0.1) is 0 Å². The molecule has 2 unspecified atom stereocenters. The molecule has 0 heterocycles. The third kappa shape index (κ3) is 7.74. The molecule has 4 atom stereocenters. The summed E-state index contributed by atoms with van der Waals surface area (Å²) in [6.45, 7) is 2.04. The van der Waals surface area contributed by atoms with Gasteiger partial charge in [-0.2, -0.15) is 11.8 Å². The highest BCUT2D eigenvalue weighted by molar-refractivity contribution is 8.00. The van der Waals surface area contributed by atoms with Crippen molar-refractivity contribution < 1.29 is 29.3 Å². The first-order valence-electron chi connectivity index (χ1n) is 10.9. The van der Waals surface area contributed by atoms with E-state index in [0.717, 1.165) is 12.8 Å². The van der Waals surface area contributed by atoms with Crippen molar-refractivity contribution in [3.63, 3.8) is 0 Å². The highest BCUT2D eigenvalue weighted by Crippen LogP contribution is 2.40. The molecule has 1 aromatic rings. The van der Waals surface area contributed by atoms with Crippen LogP contribution in [0.25, 0.3) is 0 Å². The molecule has 31 heavy (non-hydrogen) atoms. The number of aliphatic hydroxyl groups excluding tert-OH is 1. The largest absolute Gasteiger partial charge is 0.481 e. The van der Waals surface area contributed by atoms with Crippen molar-refractivity contribution >= 4 is 23.5 Å². The number of halogens is 1. The van der Waals surface area contributed by atoms with Crippen molar-refractivity contribution in [3.8, 4) is 0 Å². The van der Waals surface area contributed by atoms with Gasteiger partial charge < -0.3 is 15.3 Å². The average Bonchev–Trinajstić information content (AvgIpc) is 3.00. The maximum absolute atomic E-state index is 13.3. The summed E-state index contributed by atoms with van der Waals surface area (Å²) in [7, 11) is 0. The van der Waals surface area contributed by atoms with Crippen molar-refractivity contribution in [2.75, 3.05) is 5.75 Å². The quantitative estimate of drug-likeness (QED) is 0.302. The number of benzene rings is 1. The van der Waals surface area contributed by atoms with Crippen LogP contribution in [0.4, 0.5) is 4.39 Å². The molecule has 0 radical (unpaired) electrons. The van der Waals surface area contributed by atoms with E-state index in [-0.39, 0.29) is 35.6 Å². The second-order valence-corrected chi connectivity index (χ2v) is 9.42. The van der Waals surface area contributed by atoms with Gasteiger partial charge in [0.05, 0.1) is 11.7 Å². The third-order valence-electron chi connectivity index (χ3n) is 5.76. The summed E-state index contributed by atoms with van der Waals surface area (Å²) >= 11 is 1.41. The summed E-state index contributed by atoms with van der Waals surface area (Å²) in [4.78, 5) is 23.0. The van der Waals surface area contributed by atoms with Crippen LogP contribution in [0.2, 0.25) is 0 Å². The lowest BCUT2D eigenvalue weighted by Crippen LogP contribution is -2.32. The summed E-state index contributed by atoms with van der Waals surface area (Å²) in [5.41, 5.74) is -0.514. The lowest BCUT2D eigenvalue weighted by molar-refractivity contribution is -0.137. The molecule has 3 N–H and O–H groups in total. The summed E-state index contributed by atoms with van der Waals surface area (Å²) in [6, 6.07) is 5.86. The average molecular weight is 453 g/mol. The fraction of sp³-hybridized carbons (Fsp3) is 0.583. The number of ketones is 1. The summed E-state index contributed by atoms with van der Waals surface area (Å²) in [5.74, 6) is -1.19. The highest BCUT2D eigenvalue weighted by Gasteiger charge is 2.42. The molecule has 7 heteroatoms. The lowest BCUT2D eigenvalue weighted by Gasteiger charge is -2.31. The Labute approximate surface area is 187 Å². The van der Waals surface area contributed by atoms with E-state index < -0.39 is 17.7 Å². The van der Waals surface area contributed by atoms with Crippen LogP contribution in [0.3, 0.4) is 0 Å². The standard InChI is InChI=1S/C24H33FO5S/c1-2-3-14-24(30,17-10-12-18(25)13-11-17)16-31-23-19(20(26)15-21(23)27)8-6-4-5-7-9-22(28)29/h4,6,10-13,19,21,23,27,30H,2-3,5,7-9,14-16H2,1H3,(H,28,29)/t19-,21?,23+,24?/m0/s1. The smallest absolute Gasteiger partial charge is 0.303 e. The second-order valence-electron chi connectivity index (χ2n) is 8.26. The Hall–Kier alpha value is -1.70. The number of carboxylic acid groups (broad SMARTS) is 1. The van der Waals surface area contributed by atoms with Crippen molar-refractivity contribution in [2.45, 2.75) is 75.2 Å². The van der Waals surface area contributed by atoms with Crippen molar-refractivity contribution in [2.24, 2.45) is 5.92 Å². The Bertz CT molecular complexity index is 751. The number of Topliss-reactive ketones (excluding diaryl/α,β-unsaturated/α-hetero) is 1. The fourth-order valence-corrected chi connectivity index (χ4v) is 5.51. The van der Waals surface area contributed by atoms with E-state index in [1.54, 1.807) is 12.1 Å². The van der Waals surface area contributed by atoms with Gasteiger partial charge in [0.25, 0.3) is 0 Å². The van der Waals surface area contributed by atoms with Gasteiger partial charge in [-0.05, 0) is 43.4 Å².